The average molecular weight is 400 g/mol. The van der Waals surface area contributed by atoms with Gasteiger partial charge < -0.3 is 5.32 Å². The van der Waals surface area contributed by atoms with Gasteiger partial charge in [-0.25, -0.2) is 4.98 Å². The van der Waals surface area contributed by atoms with Gasteiger partial charge in [-0.05, 0) is 23.8 Å². The van der Waals surface area contributed by atoms with Crippen molar-refractivity contribution in [3.05, 3.63) is 87.3 Å². The Hall–Kier alpha value is -3.13. The summed E-state index contributed by atoms with van der Waals surface area (Å²) in [4.78, 5) is 21.8. The highest BCUT2D eigenvalue weighted by molar-refractivity contribution is 5.55. The zero-order valence-electron chi connectivity index (χ0n) is 15.5. The van der Waals surface area contributed by atoms with Crippen LogP contribution in [0, 0.1) is 0 Å². The fraction of sp³-hybridized carbons (Fsp3) is 0.238. The minimum Gasteiger partial charge on any atom is -0.326 e. The lowest BCUT2D eigenvalue weighted by atomic mass is 10.1. The van der Waals surface area contributed by atoms with Gasteiger partial charge in [-0.1, -0.05) is 36.4 Å². The number of rotatable bonds is 4. The number of aromatic nitrogens is 2. The highest BCUT2D eigenvalue weighted by atomic mass is 19.4. The first-order valence-electron chi connectivity index (χ1n) is 9.21. The number of H-pyrrole nitrogens is 1. The molecule has 0 spiro atoms. The second kappa shape index (κ2) is 7.71. The molecule has 0 amide bonds. The van der Waals surface area contributed by atoms with E-state index in [0.717, 1.165) is 25.2 Å². The van der Waals surface area contributed by atoms with Crippen molar-refractivity contribution < 1.29 is 13.2 Å². The van der Waals surface area contributed by atoms with E-state index in [1.807, 2.05) is 30.3 Å². The third-order valence-corrected chi connectivity index (χ3v) is 4.85. The summed E-state index contributed by atoms with van der Waals surface area (Å²) in [5, 5.41) is 2.78. The minimum atomic E-state index is -4.43. The Morgan fingerprint density at radius 2 is 1.90 bits per heavy atom. The maximum Gasteiger partial charge on any atom is 0.416 e. The van der Waals surface area contributed by atoms with Gasteiger partial charge in [0.05, 0.1) is 16.8 Å². The quantitative estimate of drug-likeness (QED) is 0.693. The fourth-order valence-corrected chi connectivity index (χ4v) is 3.43. The van der Waals surface area contributed by atoms with Crippen LogP contribution in [0.15, 0.2) is 59.4 Å². The molecule has 1 aliphatic rings. The Kier molecular flexibility index (Phi) is 5.10. The molecule has 0 radical (unpaired) electrons. The molecule has 0 bridgehead atoms. The Morgan fingerprint density at radius 3 is 2.66 bits per heavy atom. The van der Waals surface area contributed by atoms with E-state index in [9.17, 15) is 18.0 Å². The summed E-state index contributed by atoms with van der Waals surface area (Å²) in [6.45, 7) is 1.97. The van der Waals surface area contributed by atoms with Gasteiger partial charge in [-0.15, -0.1) is 0 Å². The van der Waals surface area contributed by atoms with E-state index in [2.05, 4.69) is 20.2 Å². The Morgan fingerprint density at radius 1 is 1.10 bits per heavy atom. The summed E-state index contributed by atoms with van der Waals surface area (Å²) in [5.41, 5.74) is 1.61. The summed E-state index contributed by atoms with van der Waals surface area (Å²) < 4.78 is 38.6. The van der Waals surface area contributed by atoms with Crippen molar-refractivity contribution in [2.24, 2.45) is 0 Å². The molecule has 0 saturated carbocycles. The third-order valence-electron chi connectivity index (χ3n) is 4.85. The first-order valence-corrected chi connectivity index (χ1v) is 9.21. The van der Waals surface area contributed by atoms with Crippen molar-refractivity contribution in [3.8, 4) is 0 Å². The number of fused-ring (bicyclic) bond motifs is 1. The van der Waals surface area contributed by atoms with Gasteiger partial charge in [-0.3, -0.25) is 14.7 Å². The van der Waals surface area contributed by atoms with E-state index >= 15 is 0 Å². The lowest BCUT2D eigenvalue weighted by Gasteiger charge is -2.27. The van der Waals surface area contributed by atoms with Gasteiger partial charge in [0.15, 0.2) is 0 Å². The van der Waals surface area contributed by atoms with Crippen molar-refractivity contribution >= 4 is 11.6 Å². The molecule has 29 heavy (non-hydrogen) atoms. The van der Waals surface area contributed by atoms with Crippen LogP contribution in [0.4, 0.5) is 24.8 Å². The Labute approximate surface area is 165 Å². The molecule has 0 aliphatic carbocycles. The zero-order valence-corrected chi connectivity index (χ0v) is 15.5. The molecule has 4 rings (SSSR count). The van der Waals surface area contributed by atoms with Crippen LogP contribution < -0.4 is 10.9 Å². The van der Waals surface area contributed by atoms with Crippen LogP contribution >= 0.6 is 0 Å². The monoisotopic (exact) mass is 400 g/mol. The predicted molar refractivity (Wildman–Crippen MR) is 104 cm³/mol. The van der Waals surface area contributed by atoms with E-state index in [0.29, 0.717) is 24.2 Å². The number of aromatic amines is 1. The fourth-order valence-electron chi connectivity index (χ4n) is 3.43. The number of nitrogens with zero attached hydrogens (tertiary/aromatic N) is 2. The predicted octanol–water partition coefficient (Wildman–Crippen LogP) is 4.09. The Balaban J connectivity index is 1.52. The van der Waals surface area contributed by atoms with Crippen molar-refractivity contribution in [2.75, 3.05) is 11.9 Å². The summed E-state index contributed by atoms with van der Waals surface area (Å²) in [6.07, 6.45) is -3.83. The molecule has 1 aromatic heterocycles. The van der Waals surface area contributed by atoms with Gasteiger partial charge in [0.25, 0.3) is 5.56 Å². The van der Waals surface area contributed by atoms with E-state index in [-0.39, 0.29) is 17.2 Å². The van der Waals surface area contributed by atoms with Gasteiger partial charge in [0.2, 0.25) is 5.95 Å². The molecule has 0 unspecified atom stereocenters. The normalized spacial score (nSPS) is 14.4. The largest absolute Gasteiger partial charge is 0.416 e. The van der Waals surface area contributed by atoms with E-state index < -0.39 is 11.7 Å². The van der Waals surface area contributed by atoms with Crippen LogP contribution in [0.1, 0.15) is 22.4 Å². The maximum atomic E-state index is 12.9. The highest BCUT2D eigenvalue weighted by Gasteiger charge is 2.30. The second-order valence-electron chi connectivity index (χ2n) is 6.99. The number of anilines is 2. The molecule has 3 aromatic rings. The third kappa shape index (κ3) is 4.48. The Bertz CT molecular complexity index is 1060. The van der Waals surface area contributed by atoms with Crippen LogP contribution in [-0.4, -0.2) is 21.4 Å². The van der Waals surface area contributed by atoms with Crippen LogP contribution in [0.2, 0.25) is 0 Å². The second-order valence-corrected chi connectivity index (χ2v) is 6.99. The molecule has 1 aliphatic heterocycles. The van der Waals surface area contributed by atoms with E-state index in [1.165, 1.54) is 17.7 Å². The van der Waals surface area contributed by atoms with Gasteiger partial charge >= 0.3 is 6.18 Å². The molecular weight excluding hydrogens is 381 g/mol. The zero-order chi connectivity index (χ0) is 20.4. The molecule has 8 heteroatoms. The smallest absolute Gasteiger partial charge is 0.326 e. The lowest BCUT2D eigenvalue weighted by molar-refractivity contribution is -0.137. The van der Waals surface area contributed by atoms with Gasteiger partial charge in [0, 0.05) is 31.7 Å². The van der Waals surface area contributed by atoms with Crippen molar-refractivity contribution in [1.82, 2.24) is 14.9 Å². The van der Waals surface area contributed by atoms with Gasteiger partial charge in [-0.2, -0.15) is 13.2 Å². The van der Waals surface area contributed by atoms with Crippen molar-refractivity contribution in [1.29, 1.82) is 0 Å². The van der Waals surface area contributed by atoms with Crippen LogP contribution in [-0.2, 0) is 25.7 Å². The summed E-state index contributed by atoms with van der Waals surface area (Å²) in [7, 11) is 0. The summed E-state index contributed by atoms with van der Waals surface area (Å²) in [6, 6.07) is 14.8. The van der Waals surface area contributed by atoms with Crippen molar-refractivity contribution in [2.45, 2.75) is 25.7 Å². The maximum absolute atomic E-state index is 12.9. The molecule has 2 aromatic carbocycles. The minimum absolute atomic E-state index is 0.143. The number of nitrogens with one attached hydrogen (secondary N) is 2. The topological polar surface area (TPSA) is 61.0 Å². The number of benzene rings is 2. The molecule has 0 atom stereocenters. The molecule has 2 heterocycles. The first kappa shape index (κ1) is 19.2. The summed E-state index contributed by atoms with van der Waals surface area (Å²) >= 11 is 0. The molecule has 5 nitrogen and oxygen atoms in total. The number of halogens is 3. The van der Waals surface area contributed by atoms with Crippen LogP contribution in [0.25, 0.3) is 0 Å². The van der Waals surface area contributed by atoms with Crippen LogP contribution in [0.5, 0.6) is 0 Å². The average Bonchev–Trinajstić information content (AvgIpc) is 2.69. The molecule has 0 fully saturated rings. The van der Waals surface area contributed by atoms with E-state index in [4.69, 9.17) is 0 Å². The van der Waals surface area contributed by atoms with Crippen LogP contribution in [0.3, 0.4) is 0 Å². The molecule has 2 N–H and O–H groups in total. The van der Waals surface area contributed by atoms with Gasteiger partial charge in [0.1, 0.15) is 0 Å². The standard InChI is InChI=1S/C21H19F3N4O/c22-21(23,24)15-7-4-8-16(11-15)25-20-26-18-9-10-28(13-17(18)19(29)27-20)12-14-5-2-1-3-6-14/h1-8,11H,9-10,12-13H2,(H2,25,26,27,29). The SMILES string of the molecule is O=c1[nH]c(Nc2cccc(C(F)(F)F)c2)nc2c1CN(Cc1ccccc1)CC2. The van der Waals surface area contributed by atoms with Crippen molar-refractivity contribution in [3.63, 3.8) is 0 Å². The highest BCUT2D eigenvalue weighted by Crippen LogP contribution is 2.31. The molecule has 0 saturated heterocycles. The number of hydrogen-bond acceptors (Lipinski definition) is 4. The summed E-state index contributed by atoms with van der Waals surface area (Å²) in [5.74, 6) is 0.143. The molecular formula is C21H19F3N4O. The van der Waals surface area contributed by atoms with E-state index in [1.54, 1.807) is 0 Å². The lowest BCUT2D eigenvalue weighted by Crippen LogP contribution is -2.35. The first-order chi connectivity index (χ1) is 13.9. The number of alkyl halides is 3. The molecule has 150 valence electrons. The number of hydrogen-bond donors (Lipinski definition) is 2.